The molecule has 0 aliphatic rings. The first-order valence-electron chi connectivity index (χ1n) is 6.60. The number of benzene rings is 1. The van der Waals surface area contributed by atoms with E-state index >= 15 is 0 Å². The maximum atomic E-state index is 6.56. The molecule has 1 aromatic heterocycles. The van der Waals surface area contributed by atoms with Gasteiger partial charge in [-0.25, -0.2) is 0 Å². The fourth-order valence-corrected chi connectivity index (χ4v) is 2.60. The molecule has 102 valence electrons. The number of aryl methyl sites for hydroxylation is 2. The van der Waals surface area contributed by atoms with Crippen LogP contribution >= 0.6 is 11.6 Å². The van der Waals surface area contributed by atoms with E-state index in [1.165, 1.54) is 5.56 Å². The lowest BCUT2D eigenvalue weighted by Crippen LogP contribution is -2.10. The standard InChI is InChI=1S/C17H21ClO/c1-11-10-15(12(2)19-11)16(18)13-6-8-14(9-7-13)17(3,4)5/h6-10,16H,1-5H3. The van der Waals surface area contributed by atoms with E-state index in [1.54, 1.807) is 0 Å². The summed E-state index contributed by atoms with van der Waals surface area (Å²) in [5.41, 5.74) is 3.66. The number of hydrogen-bond acceptors (Lipinski definition) is 1. The number of hydrogen-bond donors (Lipinski definition) is 0. The van der Waals surface area contributed by atoms with Crippen molar-refractivity contribution in [3.05, 3.63) is 58.5 Å². The van der Waals surface area contributed by atoms with Gasteiger partial charge in [0, 0.05) is 5.56 Å². The summed E-state index contributed by atoms with van der Waals surface area (Å²) >= 11 is 6.56. The predicted molar refractivity (Wildman–Crippen MR) is 81.0 cm³/mol. The first kappa shape index (κ1) is 14.2. The summed E-state index contributed by atoms with van der Waals surface area (Å²) in [6.07, 6.45) is 0. The molecule has 2 heteroatoms. The molecule has 0 aliphatic heterocycles. The van der Waals surface area contributed by atoms with Gasteiger partial charge >= 0.3 is 0 Å². The summed E-state index contributed by atoms with van der Waals surface area (Å²) < 4.78 is 5.55. The first-order valence-corrected chi connectivity index (χ1v) is 7.04. The molecule has 2 aromatic rings. The maximum absolute atomic E-state index is 6.56. The topological polar surface area (TPSA) is 13.1 Å². The van der Waals surface area contributed by atoms with E-state index in [0.717, 1.165) is 22.6 Å². The second kappa shape index (κ2) is 5.05. The van der Waals surface area contributed by atoms with Crippen LogP contribution < -0.4 is 0 Å². The molecule has 0 radical (unpaired) electrons. The molecule has 1 aromatic carbocycles. The molecule has 0 N–H and O–H groups in total. The van der Waals surface area contributed by atoms with E-state index in [-0.39, 0.29) is 10.8 Å². The molecule has 0 aliphatic carbocycles. The predicted octanol–water partition coefficient (Wildman–Crippen LogP) is 5.52. The van der Waals surface area contributed by atoms with Crippen molar-refractivity contribution in [1.82, 2.24) is 0 Å². The quantitative estimate of drug-likeness (QED) is 0.658. The molecule has 1 heterocycles. The van der Waals surface area contributed by atoms with Crippen LogP contribution in [0.5, 0.6) is 0 Å². The van der Waals surface area contributed by atoms with Crippen molar-refractivity contribution in [2.24, 2.45) is 0 Å². The van der Waals surface area contributed by atoms with Crippen LogP contribution in [0, 0.1) is 13.8 Å². The van der Waals surface area contributed by atoms with Crippen molar-refractivity contribution >= 4 is 11.6 Å². The molecule has 0 bridgehead atoms. The van der Waals surface area contributed by atoms with Crippen molar-refractivity contribution in [3.63, 3.8) is 0 Å². The molecule has 0 fully saturated rings. The SMILES string of the molecule is Cc1cc(C(Cl)c2ccc(C(C)(C)C)cc2)c(C)o1. The second-order valence-electron chi connectivity index (χ2n) is 6.10. The molecule has 0 spiro atoms. The van der Waals surface area contributed by atoms with Gasteiger partial charge in [0.1, 0.15) is 11.5 Å². The van der Waals surface area contributed by atoms with E-state index in [9.17, 15) is 0 Å². The van der Waals surface area contributed by atoms with Crippen molar-refractivity contribution < 1.29 is 4.42 Å². The highest BCUT2D eigenvalue weighted by Gasteiger charge is 2.18. The van der Waals surface area contributed by atoms with Gasteiger partial charge in [0.25, 0.3) is 0 Å². The smallest absolute Gasteiger partial charge is 0.106 e. The number of furan rings is 1. The van der Waals surface area contributed by atoms with E-state index in [4.69, 9.17) is 16.0 Å². The lowest BCUT2D eigenvalue weighted by atomic mass is 9.86. The van der Waals surface area contributed by atoms with Crippen molar-refractivity contribution in [1.29, 1.82) is 0 Å². The second-order valence-corrected chi connectivity index (χ2v) is 6.54. The van der Waals surface area contributed by atoms with Crippen LogP contribution in [0.2, 0.25) is 0 Å². The van der Waals surface area contributed by atoms with Crippen LogP contribution in [0.25, 0.3) is 0 Å². The van der Waals surface area contributed by atoms with Gasteiger partial charge < -0.3 is 4.42 Å². The van der Waals surface area contributed by atoms with Gasteiger partial charge in [0.15, 0.2) is 0 Å². The van der Waals surface area contributed by atoms with Crippen LogP contribution in [-0.2, 0) is 5.41 Å². The molecular weight excluding hydrogens is 256 g/mol. The molecule has 0 saturated heterocycles. The van der Waals surface area contributed by atoms with Crippen molar-refractivity contribution in [2.45, 2.75) is 45.4 Å². The van der Waals surface area contributed by atoms with Gasteiger partial charge in [-0.1, -0.05) is 45.0 Å². The zero-order chi connectivity index (χ0) is 14.2. The highest BCUT2D eigenvalue weighted by Crippen LogP contribution is 2.33. The Hall–Kier alpha value is -1.21. The number of halogens is 1. The van der Waals surface area contributed by atoms with Gasteiger partial charge in [-0.05, 0) is 36.5 Å². The molecule has 0 amide bonds. The Bertz CT molecular complexity index is 558. The Morgan fingerprint density at radius 3 is 2.05 bits per heavy atom. The number of alkyl halides is 1. The molecule has 0 saturated carbocycles. The lowest BCUT2D eigenvalue weighted by Gasteiger charge is -2.19. The van der Waals surface area contributed by atoms with Gasteiger partial charge in [-0.15, -0.1) is 11.6 Å². The minimum absolute atomic E-state index is 0.147. The lowest BCUT2D eigenvalue weighted by molar-refractivity contribution is 0.501. The summed E-state index contributed by atoms with van der Waals surface area (Å²) in [4.78, 5) is 0. The molecule has 1 atom stereocenters. The van der Waals surface area contributed by atoms with E-state index < -0.39 is 0 Å². The Morgan fingerprint density at radius 2 is 1.63 bits per heavy atom. The molecular formula is C17H21ClO. The van der Waals surface area contributed by atoms with Gasteiger partial charge in [-0.3, -0.25) is 0 Å². The highest BCUT2D eigenvalue weighted by atomic mass is 35.5. The molecule has 2 rings (SSSR count). The van der Waals surface area contributed by atoms with Crippen molar-refractivity contribution in [2.75, 3.05) is 0 Å². The van der Waals surface area contributed by atoms with Crippen molar-refractivity contribution in [3.8, 4) is 0 Å². The summed E-state index contributed by atoms with van der Waals surface area (Å²) in [6.45, 7) is 10.5. The highest BCUT2D eigenvalue weighted by molar-refractivity contribution is 6.22. The summed E-state index contributed by atoms with van der Waals surface area (Å²) in [5.74, 6) is 1.81. The van der Waals surface area contributed by atoms with Crippen LogP contribution in [0.4, 0.5) is 0 Å². The van der Waals surface area contributed by atoms with Crippen LogP contribution in [0.15, 0.2) is 34.7 Å². The molecule has 1 unspecified atom stereocenters. The summed E-state index contributed by atoms with van der Waals surface area (Å²) in [5, 5.41) is -0.147. The number of rotatable bonds is 2. The van der Waals surface area contributed by atoms with E-state index in [0.29, 0.717) is 0 Å². The largest absolute Gasteiger partial charge is 0.466 e. The Balaban J connectivity index is 2.30. The monoisotopic (exact) mass is 276 g/mol. The zero-order valence-electron chi connectivity index (χ0n) is 12.3. The van der Waals surface area contributed by atoms with E-state index in [1.807, 2.05) is 19.9 Å². The maximum Gasteiger partial charge on any atom is 0.106 e. The van der Waals surface area contributed by atoms with Crippen LogP contribution in [0.3, 0.4) is 0 Å². The minimum atomic E-state index is -0.147. The Kier molecular flexibility index (Phi) is 3.78. The zero-order valence-corrected chi connectivity index (χ0v) is 13.0. The third-order valence-electron chi connectivity index (χ3n) is 3.42. The third-order valence-corrected chi connectivity index (χ3v) is 3.91. The van der Waals surface area contributed by atoms with Gasteiger partial charge in [0.05, 0.1) is 5.38 Å². The molecule has 19 heavy (non-hydrogen) atoms. The average molecular weight is 277 g/mol. The fourth-order valence-electron chi connectivity index (χ4n) is 2.23. The third kappa shape index (κ3) is 3.03. The normalized spacial score (nSPS) is 13.6. The average Bonchev–Trinajstić information content (AvgIpc) is 2.66. The molecule has 1 nitrogen and oxygen atoms in total. The fraction of sp³-hybridized carbons (Fsp3) is 0.412. The first-order chi connectivity index (χ1) is 8.79. The minimum Gasteiger partial charge on any atom is -0.466 e. The Labute approximate surface area is 120 Å². The van der Waals surface area contributed by atoms with Gasteiger partial charge in [0.2, 0.25) is 0 Å². The summed E-state index contributed by atoms with van der Waals surface area (Å²) in [6, 6.07) is 10.6. The van der Waals surface area contributed by atoms with E-state index in [2.05, 4.69) is 45.0 Å². The van der Waals surface area contributed by atoms with Crippen LogP contribution in [-0.4, -0.2) is 0 Å². The van der Waals surface area contributed by atoms with Crippen LogP contribution in [0.1, 0.15) is 54.4 Å². The van der Waals surface area contributed by atoms with Gasteiger partial charge in [-0.2, -0.15) is 0 Å². The summed E-state index contributed by atoms with van der Waals surface area (Å²) in [7, 11) is 0. The Morgan fingerprint density at radius 1 is 1.05 bits per heavy atom.